The number of ketones is 1. The monoisotopic (exact) mass is 304 g/mol. The minimum absolute atomic E-state index is 0.0338. The lowest BCUT2D eigenvalue weighted by Gasteiger charge is -2.03. The first-order chi connectivity index (χ1) is 9.47. The summed E-state index contributed by atoms with van der Waals surface area (Å²) in [5, 5.41) is 1.11. The number of benzene rings is 2. The quantitative estimate of drug-likeness (QED) is 0.540. The van der Waals surface area contributed by atoms with Gasteiger partial charge in [-0.25, -0.2) is 0 Å². The molecule has 0 aliphatic carbocycles. The molecule has 0 saturated heterocycles. The molecule has 0 aromatic heterocycles. The van der Waals surface area contributed by atoms with E-state index in [1.807, 2.05) is 32.0 Å². The van der Waals surface area contributed by atoms with E-state index in [2.05, 4.69) is 0 Å². The largest absolute Gasteiger partial charge is 0.289 e. The van der Waals surface area contributed by atoms with E-state index in [1.165, 1.54) is 6.08 Å². The Morgan fingerprint density at radius 3 is 2.45 bits per heavy atom. The minimum Gasteiger partial charge on any atom is -0.289 e. The van der Waals surface area contributed by atoms with E-state index in [0.29, 0.717) is 15.6 Å². The van der Waals surface area contributed by atoms with Crippen LogP contribution in [0.4, 0.5) is 0 Å². The fourth-order valence-electron chi connectivity index (χ4n) is 1.98. The predicted octanol–water partition coefficient (Wildman–Crippen LogP) is 5.51. The fourth-order valence-corrected chi connectivity index (χ4v) is 2.45. The van der Waals surface area contributed by atoms with Gasteiger partial charge in [0.05, 0.1) is 0 Å². The Balaban J connectivity index is 2.24. The molecule has 2 aromatic rings. The summed E-state index contributed by atoms with van der Waals surface area (Å²) in [7, 11) is 0. The molecule has 3 heteroatoms. The molecule has 0 atom stereocenters. The smallest absolute Gasteiger partial charge is 0.186 e. The molecule has 0 spiro atoms. The summed E-state index contributed by atoms with van der Waals surface area (Å²) in [6.45, 7) is 3.94. The molecule has 0 bridgehead atoms. The van der Waals surface area contributed by atoms with Gasteiger partial charge in [0.25, 0.3) is 0 Å². The molecule has 0 fully saturated rings. The molecule has 0 aliphatic heterocycles. The molecular formula is C17H14Cl2O. The van der Waals surface area contributed by atoms with Crippen molar-refractivity contribution >= 4 is 35.1 Å². The van der Waals surface area contributed by atoms with Gasteiger partial charge in [0.1, 0.15) is 0 Å². The maximum absolute atomic E-state index is 12.2. The molecule has 102 valence electrons. The molecule has 1 nitrogen and oxygen atoms in total. The number of hydrogen-bond acceptors (Lipinski definition) is 1. The Hall–Kier alpha value is -1.57. The number of rotatable bonds is 3. The highest BCUT2D eigenvalue weighted by Gasteiger charge is 2.06. The van der Waals surface area contributed by atoms with Crippen LogP contribution in [0.3, 0.4) is 0 Å². The van der Waals surface area contributed by atoms with Crippen LogP contribution in [0.25, 0.3) is 6.08 Å². The van der Waals surface area contributed by atoms with Crippen molar-refractivity contribution in [3.8, 4) is 0 Å². The number of allylic oxidation sites excluding steroid dienone is 1. The van der Waals surface area contributed by atoms with Crippen LogP contribution in [0.15, 0.2) is 42.5 Å². The highest BCUT2D eigenvalue weighted by atomic mass is 35.5. The van der Waals surface area contributed by atoms with Gasteiger partial charge >= 0.3 is 0 Å². The number of hydrogen-bond donors (Lipinski definition) is 0. The second kappa shape index (κ2) is 6.25. The summed E-state index contributed by atoms with van der Waals surface area (Å²) >= 11 is 11.9. The first kappa shape index (κ1) is 14.8. The molecule has 0 heterocycles. The third-order valence-electron chi connectivity index (χ3n) is 3.02. The minimum atomic E-state index is -0.0338. The van der Waals surface area contributed by atoms with Crippen LogP contribution in [-0.4, -0.2) is 5.78 Å². The van der Waals surface area contributed by atoms with Gasteiger partial charge in [-0.15, -0.1) is 0 Å². The van der Waals surface area contributed by atoms with Gasteiger partial charge in [-0.05, 0) is 49.3 Å². The average Bonchev–Trinajstić information content (AvgIpc) is 2.37. The van der Waals surface area contributed by atoms with Crippen molar-refractivity contribution in [3.63, 3.8) is 0 Å². The first-order valence-corrected chi connectivity index (χ1v) is 6.97. The molecule has 2 aromatic carbocycles. The van der Waals surface area contributed by atoms with E-state index in [4.69, 9.17) is 23.2 Å². The van der Waals surface area contributed by atoms with Crippen LogP contribution in [-0.2, 0) is 0 Å². The maximum Gasteiger partial charge on any atom is 0.186 e. The van der Waals surface area contributed by atoms with Crippen molar-refractivity contribution in [1.82, 2.24) is 0 Å². The van der Waals surface area contributed by atoms with E-state index in [0.717, 1.165) is 16.7 Å². The van der Waals surface area contributed by atoms with Crippen LogP contribution in [0.5, 0.6) is 0 Å². The highest BCUT2D eigenvalue weighted by Crippen LogP contribution is 2.22. The molecule has 0 amide bonds. The lowest BCUT2D eigenvalue weighted by Crippen LogP contribution is -1.98. The lowest BCUT2D eigenvalue weighted by atomic mass is 10.0. The topological polar surface area (TPSA) is 17.1 Å². The summed E-state index contributed by atoms with van der Waals surface area (Å²) in [4.78, 5) is 12.2. The van der Waals surface area contributed by atoms with E-state index < -0.39 is 0 Å². The normalized spacial score (nSPS) is 11.0. The van der Waals surface area contributed by atoms with Crippen LogP contribution in [0.2, 0.25) is 10.0 Å². The highest BCUT2D eigenvalue weighted by molar-refractivity contribution is 6.35. The average molecular weight is 305 g/mol. The molecular weight excluding hydrogens is 291 g/mol. The van der Waals surface area contributed by atoms with Crippen molar-refractivity contribution in [2.24, 2.45) is 0 Å². The zero-order valence-corrected chi connectivity index (χ0v) is 12.8. The Morgan fingerprint density at radius 1 is 1.05 bits per heavy atom. The van der Waals surface area contributed by atoms with E-state index >= 15 is 0 Å². The Kier molecular flexibility index (Phi) is 4.64. The molecule has 0 N–H and O–H groups in total. The Labute approximate surface area is 128 Å². The van der Waals surface area contributed by atoms with Crippen LogP contribution >= 0.6 is 23.2 Å². The van der Waals surface area contributed by atoms with Crippen LogP contribution in [0.1, 0.15) is 27.0 Å². The van der Waals surface area contributed by atoms with Crippen molar-refractivity contribution in [2.75, 3.05) is 0 Å². The van der Waals surface area contributed by atoms with Gasteiger partial charge in [-0.3, -0.25) is 4.79 Å². The zero-order valence-electron chi connectivity index (χ0n) is 11.3. The van der Waals surface area contributed by atoms with Gasteiger partial charge in [0.15, 0.2) is 5.78 Å². The summed E-state index contributed by atoms with van der Waals surface area (Å²) in [6.07, 6.45) is 3.24. The van der Waals surface area contributed by atoms with Crippen LogP contribution < -0.4 is 0 Å². The van der Waals surface area contributed by atoms with Gasteiger partial charge in [0.2, 0.25) is 0 Å². The molecule has 20 heavy (non-hydrogen) atoms. The molecule has 0 unspecified atom stereocenters. The number of aryl methyl sites for hydroxylation is 2. The molecule has 0 aliphatic rings. The van der Waals surface area contributed by atoms with Gasteiger partial charge in [-0.1, -0.05) is 53.0 Å². The third kappa shape index (κ3) is 3.50. The lowest BCUT2D eigenvalue weighted by molar-refractivity contribution is 0.104. The number of carbonyl (C=O) groups is 1. The summed E-state index contributed by atoms with van der Waals surface area (Å²) in [6, 6.07) is 11.0. The first-order valence-electron chi connectivity index (χ1n) is 6.22. The predicted molar refractivity (Wildman–Crippen MR) is 85.7 cm³/mol. The van der Waals surface area contributed by atoms with Crippen molar-refractivity contribution in [2.45, 2.75) is 13.8 Å². The summed E-state index contributed by atoms with van der Waals surface area (Å²) < 4.78 is 0. The third-order valence-corrected chi connectivity index (χ3v) is 3.59. The van der Waals surface area contributed by atoms with Gasteiger partial charge in [0, 0.05) is 15.6 Å². The van der Waals surface area contributed by atoms with E-state index in [-0.39, 0.29) is 5.78 Å². The van der Waals surface area contributed by atoms with Crippen LogP contribution in [0, 0.1) is 13.8 Å². The SMILES string of the molecule is Cc1ccc(C(=O)C=Cc2ccc(Cl)cc2Cl)c(C)c1. The van der Waals surface area contributed by atoms with Crippen molar-refractivity contribution in [1.29, 1.82) is 0 Å². The Morgan fingerprint density at radius 2 is 1.80 bits per heavy atom. The van der Waals surface area contributed by atoms with Gasteiger partial charge in [-0.2, -0.15) is 0 Å². The zero-order chi connectivity index (χ0) is 14.7. The molecule has 0 radical (unpaired) electrons. The standard InChI is InChI=1S/C17H14Cl2O/c1-11-3-7-15(12(2)9-11)17(20)8-5-13-4-6-14(18)10-16(13)19/h3-10H,1-2H3. The molecule has 2 rings (SSSR count). The van der Waals surface area contributed by atoms with Crippen molar-refractivity contribution < 1.29 is 4.79 Å². The van der Waals surface area contributed by atoms with Gasteiger partial charge < -0.3 is 0 Å². The van der Waals surface area contributed by atoms with Crippen molar-refractivity contribution in [3.05, 3.63) is 74.8 Å². The molecule has 0 saturated carbocycles. The summed E-state index contributed by atoms with van der Waals surface area (Å²) in [5.41, 5.74) is 3.59. The van der Waals surface area contributed by atoms with E-state index in [1.54, 1.807) is 24.3 Å². The Bertz CT molecular complexity index is 687. The second-order valence-electron chi connectivity index (χ2n) is 4.68. The maximum atomic E-state index is 12.2. The summed E-state index contributed by atoms with van der Waals surface area (Å²) in [5.74, 6) is -0.0338. The fraction of sp³-hybridized carbons (Fsp3) is 0.118. The second-order valence-corrected chi connectivity index (χ2v) is 5.53. The number of halogens is 2. The van der Waals surface area contributed by atoms with E-state index in [9.17, 15) is 4.79 Å². The number of carbonyl (C=O) groups excluding carboxylic acids is 1.